The van der Waals surface area contributed by atoms with E-state index in [1.54, 1.807) is 18.5 Å². The van der Waals surface area contributed by atoms with Crippen molar-refractivity contribution in [1.82, 2.24) is 15.2 Å². The second kappa shape index (κ2) is 2.02. The molecule has 0 atom stereocenters. The Morgan fingerprint density at radius 3 is 3.27 bits per heavy atom. The number of aromatic nitrogens is 3. The van der Waals surface area contributed by atoms with Crippen LogP contribution in [0, 0.1) is 5.39 Å². The summed E-state index contributed by atoms with van der Waals surface area (Å²) < 4.78 is 0. The summed E-state index contributed by atoms with van der Waals surface area (Å²) in [6.07, 6.45) is 3.24. The molecule has 2 aromatic rings. The number of rotatable bonds is 0. The largest absolute Gasteiger partial charge is 0.495 e. The molecule has 0 aliphatic rings. The Kier molecular flexibility index (Phi) is 1.07. The van der Waals surface area contributed by atoms with E-state index in [4.69, 9.17) is 5.39 Å². The predicted molar refractivity (Wildman–Crippen MR) is 38.6 cm³/mol. The van der Waals surface area contributed by atoms with Gasteiger partial charge in [0.05, 0.1) is 16.7 Å². The molecule has 1 N–H and O–H groups in total. The Balaban J connectivity index is 2.89. The SMILES string of the molecule is N#[N+]c1n[nH]c2cnccc12. The molecule has 0 amide bonds. The first-order chi connectivity index (χ1) is 5.42. The van der Waals surface area contributed by atoms with Gasteiger partial charge in [-0.3, -0.25) is 4.98 Å². The lowest BCUT2D eigenvalue weighted by molar-refractivity contribution is 1.12. The number of nitrogens with one attached hydrogen (secondary N) is 1. The molecule has 0 saturated carbocycles. The standard InChI is InChI=1S/C6H4N5/c7-9-6-4-1-2-8-3-5(4)10-11-6/h1-3H,(H,10,11)/q+1. The molecule has 0 aromatic carbocycles. The van der Waals surface area contributed by atoms with Crippen molar-refractivity contribution in [1.29, 1.82) is 5.39 Å². The summed E-state index contributed by atoms with van der Waals surface area (Å²) in [4.78, 5) is 6.85. The Labute approximate surface area is 61.7 Å². The van der Waals surface area contributed by atoms with Gasteiger partial charge in [-0.2, -0.15) is 5.10 Å². The summed E-state index contributed by atoms with van der Waals surface area (Å²) in [5.74, 6) is 0.294. The van der Waals surface area contributed by atoms with Crippen LogP contribution in [0.4, 0.5) is 5.82 Å². The van der Waals surface area contributed by atoms with Crippen molar-refractivity contribution in [2.24, 2.45) is 0 Å². The highest BCUT2D eigenvalue weighted by Crippen LogP contribution is 2.20. The van der Waals surface area contributed by atoms with Gasteiger partial charge in [-0.15, -0.1) is 0 Å². The van der Waals surface area contributed by atoms with Crippen molar-refractivity contribution in [2.45, 2.75) is 0 Å². The first-order valence-corrected chi connectivity index (χ1v) is 3.05. The Morgan fingerprint density at radius 1 is 1.55 bits per heavy atom. The molecule has 0 unspecified atom stereocenters. The lowest BCUT2D eigenvalue weighted by Crippen LogP contribution is -1.69. The molecule has 52 valence electrons. The maximum Gasteiger partial charge on any atom is 0.495 e. The van der Waals surface area contributed by atoms with Crippen LogP contribution in [0.2, 0.25) is 0 Å². The van der Waals surface area contributed by atoms with E-state index in [0.717, 1.165) is 10.9 Å². The third-order valence-electron chi connectivity index (χ3n) is 1.44. The van der Waals surface area contributed by atoms with Crippen molar-refractivity contribution in [3.8, 4) is 0 Å². The molecule has 5 heteroatoms. The summed E-state index contributed by atoms with van der Waals surface area (Å²) in [7, 11) is 0. The number of hydrogen-bond donors (Lipinski definition) is 1. The van der Waals surface area contributed by atoms with Crippen molar-refractivity contribution in [3.63, 3.8) is 0 Å². The Bertz CT molecular complexity index is 424. The molecule has 0 bridgehead atoms. The molecule has 0 radical (unpaired) electrons. The van der Waals surface area contributed by atoms with Crippen LogP contribution in [-0.2, 0) is 0 Å². The first kappa shape index (κ1) is 5.80. The van der Waals surface area contributed by atoms with Gasteiger partial charge in [-0.1, -0.05) is 0 Å². The summed E-state index contributed by atoms with van der Waals surface area (Å²) in [5, 5.41) is 15.6. The molecule has 0 spiro atoms. The molecule has 0 saturated heterocycles. The molecule has 0 aliphatic carbocycles. The number of nitrogens with zero attached hydrogens (tertiary/aromatic N) is 4. The number of aromatic amines is 1. The molecule has 0 fully saturated rings. The average Bonchev–Trinajstić information content (AvgIpc) is 2.47. The van der Waals surface area contributed by atoms with Gasteiger partial charge in [-0.05, 0) is 6.07 Å². The number of diazo groups is 1. The van der Waals surface area contributed by atoms with Gasteiger partial charge in [-0.25, -0.2) is 0 Å². The molecule has 5 nitrogen and oxygen atoms in total. The van der Waals surface area contributed by atoms with E-state index in [0.29, 0.717) is 5.82 Å². The number of H-pyrrole nitrogens is 1. The van der Waals surface area contributed by atoms with E-state index in [1.165, 1.54) is 0 Å². The van der Waals surface area contributed by atoms with Crippen LogP contribution in [0.1, 0.15) is 0 Å². The van der Waals surface area contributed by atoms with Crippen molar-refractivity contribution < 1.29 is 0 Å². The van der Waals surface area contributed by atoms with Gasteiger partial charge in [0.2, 0.25) is 0 Å². The van der Waals surface area contributed by atoms with Crippen LogP contribution in [-0.4, -0.2) is 15.2 Å². The van der Waals surface area contributed by atoms with E-state index in [1.807, 2.05) is 0 Å². The smallest absolute Gasteiger partial charge is 0.262 e. The third-order valence-corrected chi connectivity index (χ3v) is 1.44. The van der Waals surface area contributed by atoms with E-state index in [-0.39, 0.29) is 0 Å². The van der Waals surface area contributed by atoms with E-state index >= 15 is 0 Å². The second-order valence-corrected chi connectivity index (χ2v) is 2.07. The monoisotopic (exact) mass is 146 g/mol. The van der Waals surface area contributed by atoms with Crippen LogP contribution in [0.5, 0.6) is 0 Å². The van der Waals surface area contributed by atoms with Crippen LogP contribution in [0.3, 0.4) is 0 Å². The predicted octanol–water partition coefficient (Wildman–Crippen LogP) is 1.44. The first-order valence-electron chi connectivity index (χ1n) is 3.05. The third kappa shape index (κ3) is 0.730. The van der Waals surface area contributed by atoms with Gasteiger partial charge in [0.15, 0.2) is 0 Å². The minimum atomic E-state index is 0.294. The van der Waals surface area contributed by atoms with Crippen LogP contribution in [0.15, 0.2) is 18.5 Å². The van der Waals surface area contributed by atoms with Gasteiger partial charge in [0.1, 0.15) is 10.9 Å². The van der Waals surface area contributed by atoms with E-state index < -0.39 is 0 Å². The Morgan fingerprint density at radius 2 is 2.45 bits per heavy atom. The van der Waals surface area contributed by atoms with Gasteiger partial charge in [0, 0.05) is 11.2 Å². The van der Waals surface area contributed by atoms with Gasteiger partial charge < -0.3 is 0 Å². The molecule has 2 aromatic heterocycles. The molecule has 2 rings (SSSR count). The zero-order chi connectivity index (χ0) is 7.68. The zero-order valence-corrected chi connectivity index (χ0v) is 5.52. The highest BCUT2D eigenvalue weighted by molar-refractivity contribution is 5.88. The summed E-state index contributed by atoms with van der Waals surface area (Å²) >= 11 is 0. The average molecular weight is 146 g/mol. The van der Waals surface area contributed by atoms with Crippen molar-refractivity contribution in [2.75, 3.05) is 0 Å². The maximum atomic E-state index is 8.45. The second-order valence-electron chi connectivity index (χ2n) is 2.07. The minimum absolute atomic E-state index is 0.294. The van der Waals surface area contributed by atoms with Crippen LogP contribution < -0.4 is 0 Å². The molecule has 2 heterocycles. The lowest BCUT2D eigenvalue weighted by Gasteiger charge is -1.78. The fourth-order valence-electron chi connectivity index (χ4n) is 0.928. The normalized spacial score (nSPS) is 9.73. The Hall–Kier alpha value is -1.96. The van der Waals surface area contributed by atoms with Crippen LogP contribution >= 0.6 is 0 Å². The molecular weight excluding hydrogens is 142 g/mol. The highest BCUT2D eigenvalue weighted by atomic mass is 15.2. The lowest BCUT2D eigenvalue weighted by atomic mass is 10.3. The van der Waals surface area contributed by atoms with E-state index in [9.17, 15) is 0 Å². The van der Waals surface area contributed by atoms with Crippen LogP contribution in [0.25, 0.3) is 15.9 Å². The quantitative estimate of drug-likeness (QED) is 0.571. The minimum Gasteiger partial charge on any atom is -0.262 e. The number of fused-ring (bicyclic) bond motifs is 1. The number of hydrogen-bond acceptors (Lipinski definition) is 3. The molecular formula is C6H4N5+. The van der Waals surface area contributed by atoms with E-state index in [2.05, 4.69) is 20.2 Å². The summed E-state index contributed by atoms with van der Waals surface area (Å²) in [6, 6.07) is 1.73. The zero-order valence-electron chi connectivity index (χ0n) is 5.52. The fraction of sp³-hybridized carbons (Fsp3) is 0. The van der Waals surface area contributed by atoms with Gasteiger partial charge >= 0.3 is 5.82 Å². The molecule has 0 aliphatic heterocycles. The van der Waals surface area contributed by atoms with Crippen molar-refractivity contribution in [3.05, 3.63) is 23.4 Å². The maximum absolute atomic E-state index is 8.45. The van der Waals surface area contributed by atoms with Crippen molar-refractivity contribution >= 4 is 16.7 Å². The highest BCUT2D eigenvalue weighted by Gasteiger charge is 2.14. The number of pyridine rings is 1. The van der Waals surface area contributed by atoms with Gasteiger partial charge in [0.25, 0.3) is 0 Å². The fourth-order valence-corrected chi connectivity index (χ4v) is 0.928. The topological polar surface area (TPSA) is 69.7 Å². The molecule has 11 heavy (non-hydrogen) atoms. The summed E-state index contributed by atoms with van der Waals surface area (Å²) in [5.41, 5.74) is 0.764. The summed E-state index contributed by atoms with van der Waals surface area (Å²) in [6.45, 7) is 0.